The van der Waals surface area contributed by atoms with Crippen LogP contribution in [-0.4, -0.2) is 36.6 Å². The summed E-state index contributed by atoms with van der Waals surface area (Å²) in [6, 6.07) is 1.58. The molecular weight excluding hydrogens is 196 g/mol. The lowest BCUT2D eigenvalue weighted by Gasteiger charge is -2.28. The van der Waals surface area contributed by atoms with Gasteiger partial charge in [0.2, 0.25) is 0 Å². The Morgan fingerprint density at radius 3 is 2.56 bits per heavy atom. The topological polar surface area (TPSA) is 15.3 Å². The van der Waals surface area contributed by atoms with Crippen molar-refractivity contribution in [2.45, 2.75) is 58.5 Å². The molecule has 0 spiro atoms. The number of rotatable bonds is 6. The molecule has 16 heavy (non-hydrogen) atoms. The predicted molar refractivity (Wildman–Crippen MR) is 69.6 cm³/mol. The molecular formula is C14H28N2. The Kier molecular flexibility index (Phi) is 4.26. The summed E-state index contributed by atoms with van der Waals surface area (Å²) in [6.45, 7) is 10.8. The summed E-state index contributed by atoms with van der Waals surface area (Å²) in [6.07, 6.45) is 5.57. The van der Waals surface area contributed by atoms with E-state index in [2.05, 4.69) is 31.0 Å². The Bertz CT molecular complexity index is 213. The van der Waals surface area contributed by atoms with Crippen molar-refractivity contribution in [2.24, 2.45) is 11.8 Å². The van der Waals surface area contributed by atoms with Crippen LogP contribution in [0.1, 0.15) is 46.5 Å². The molecule has 0 aromatic heterocycles. The van der Waals surface area contributed by atoms with E-state index in [0.717, 1.165) is 23.9 Å². The van der Waals surface area contributed by atoms with Crippen LogP contribution in [0.3, 0.4) is 0 Å². The van der Waals surface area contributed by atoms with E-state index in [1.54, 1.807) is 0 Å². The predicted octanol–water partition coefficient (Wildman–Crippen LogP) is 2.49. The Balaban J connectivity index is 1.80. The van der Waals surface area contributed by atoms with Crippen molar-refractivity contribution in [1.82, 2.24) is 10.2 Å². The number of hydrogen-bond acceptors (Lipinski definition) is 2. The zero-order valence-electron chi connectivity index (χ0n) is 11.2. The van der Waals surface area contributed by atoms with Crippen molar-refractivity contribution in [3.05, 3.63) is 0 Å². The third-order valence-electron chi connectivity index (χ3n) is 4.19. The van der Waals surface area contributed by atoms with E-state index in [1.165, 1.54) is 45.3 Å². The molecule has 2 heteroatoms. The highest BCUT2D eigenvalue weighted by atomic mass is 15.2. The van der Waals surface area contributed by atoms with Crippen LogP contribution in [0.4, 0.5) is 0 Å². The molecule has 0 aromatic carbocycles. The van der Waals surface area contributed by atoms with Gasteiger partial charge in [-0.15, -0.1) is 0 Å². The van der Waals surface area contributed by atoms with Crippen molar-refractivity contribution in [1.29, 1.82) is 0 Å². The molecule has 1 N–H and O–H groups in total. The molecule has 2 fully saturated rings. The van der Waals surface area contributed by atoms with Crippen molar-refractivity contribution in [3.63, 3.8) is 0 Å². The van der Waals surface area contributed by atoms with Gasteiger partial charge in [0.25, 0.3) is 0 Å². The number of nitrogens with zero attached hydrogens (tertiary/aromatic N) is 1. The lowest BCUT2D eigenvalue weighted by Crippen LogP contribution is -2.44. The van der Waals surface area contributed by atoms with E-state index >= 15 is 0 Å². The van der Waals surface area contributed by atoms with Crippen molar-refractivity contribution < 1.29 is 0 Å². The average molecular weight is 224 g/mol. The second-order valence-corrected chi connectivity index (χ2v) is 6.04. The molecule has 1 aliphatic heterocycles. The maximum absolute atomic E-state index is 3.75. The average Bonchev–Trinajstić information content (AvgIpc) is 3.01. The minimum absolute atomic E-state index is 0.771. The summed E-state index contributed by atoms with van der Waals surface area (Å²) in [7, 11) is 0. The fourth-order valence-corrected chi connectivity index (χ4v) is 3.10. The third kappa shape index (κ3) is 3.21. The van der Waals surface area contributed by atoms with E-state index in [-0.39, 0.29) is 0 Å². The Labute approximate surface area is 101 Å². The molecule has 0 bridgehead atoms. The molecule has 0 amide bonds. The normalized spacial score (nSPS) is 33.2. The molecule has 2 nitrogen and oxygen atoms in total. The lowest BCUT2D eigenvalue weighted by atomic mass is 10.1. The maximum atomic E-state index is 3.75. The summed E-state index contributed by atoms with van der Waals surface area (Å²) in [5.41, 5.74) is 0. The van der Waals surface area contributed by atoms with Crippen LogP contribution in [0.15, 0.2) is 0 Å². The fraction of sp³-hybridized carbons (Fsp3) is 1.00. The molecule has 3 atom stereocenters. The van der Waals surface area contributed by atoms with Crippen molar-refractivity contribution >= 4 is 0 Å². The fourth-order valence-electron chi connectivity index (χ4n) is 3.10. The van der Waals surface area contributed by atoms with Crippen LogP contribution in [0, 0.1) is 11.8 Å². The zero-order valence-corrected chi connectivity index (χ0v) is 11.2. The minimum atomic E-state index is 0.771. The summed E-state index contributed by atoms with van der Waals surface area (Å²) in [4.78, 5) is 2.70. The summed E-state index contributed by atoms with van der Waals surface area (Å²) in [5, 5.41) is 3.75. The largest absolute Gasteiger partial charge is 0.312 e. The van der Waals surface area contributed by atoms with Gasteiger partial charge in [0.15, 0.2) is 0 Å². The first-order valence-corrected chi connectivity index (χ1v) is 7.18. The second kappa shape index (κ2) is 5.50. The first-order chi connectivity index (χ1) is 7.70. The van der Waals surface area contributed by atoms with E-state index in [1.807, 2.05) is 0 Å². The van der Waals surface area contributed by atoms with E-state index in [9.17, 15) is 0 Å². The summed E-state index contributed by atoms with van der Waals surface area (Å²) in [5.74, 6) is 1.88. The molecule has 2 aliphatic rings. The first kappa shape index (κ1) is 12.4. The van der Waals surface area contributed by atoms with Crippen LogP contribution in [-0.2, 0) is 0 Å². The van der Waals surface area contributed by atoms with E-state index in [4.69, 9.17) is 0 Å². The van der Waals surface area contributed by atoms with Crippen LogP contribution in [0.2, 0.25) is 0 Å². The van der Waals surface area contributed by atoms with Gasteiger partial charge in [0.05, 0.1) is 0 Å². The number of likely N-dealkylation sites (tertiary alicyclic amines) is 1. The van der Waals surface area contributed by atoms with Gasteiger partial charge in [0, 0.05) is 25.2 Å². The van der Waals surface area contributed by atoms with Gasteiger partial charge < -0.3 is 5.32 Å². The SMILES string of the molecule is CCCNC(CN1CC(C)CC1C)C1CC1. The smallest absolute Gasteiger partial charge is 0.0223 e. The van der Waals surface area contributed by atoms with Crippen LogP contribution >= 0.6 is 0 Å². The van der Waals surface area contributed by atoms with Crippen LogP contribution in [0.25, 0.3) is 0 Å². The van der Waals surface area contributed by atoms with Crippen LogP contribution < -0.4 is 5.32 Å². The van der Waals surface area contributed by atoms with Gasteiger partial charge in [-0.05, 0) is 51.0 Å². The highest BCUT2D eigenvalue weighted by Gasteiger charge is 2.35. The van der Waals surface area contributed by atoms with E-state index < -0.39 is 0 Å². The molecule has 1 saturated carbocycles. The molecule has 0 radical (unpaired) electrons. The molecule has 1 heterocycles. The maximum Gasteiger partial charge on any atom is 0.0223 e. The Morgan fingerprint density at radius 2 is 2.06 bits per heavy atom. The quantitative estimate of drug-likeness (QED) is 0.746. The van der Waals surface area contributed by atoms with Gasteiger partial charge >= 0.3 is 0 Å². The van der Waals surface area contributed by atoms with E-state index in [0.29, 0.717) is 0 Å². The first-order valence-electron chi connectivity index (χ1n) is 7.18. The molecule has 3 unspecified atom stereocenters. The summed E-state index contributed by atoms with van der Waals surface area (Å²) < 4.78 is 0. The van der Waals surface area contributed by atoms with Gasteiger partial charge in [-0.25, -0.2) is 0 Å². The van der Waals surface area contributed by atoms with Crippen LogP contribution in [0.5, 0.6) is 0 Å². The monoisotopic (exact) mass is 224 g/mol. The Hall–Kier alpha value is -0.0800. The molecule has 2 rings (SSSR count). The molecule has 0 aromatic rings. The standard InChI is InChI=1S/C14H28N2/c1-4-7-15-14(13-5-6-13)10-16-9-11(2)8-12(16)3/h11-15H,4-10H2,1-3H3. The lowest BCUT2D eigenvalue weighted by molar-refractivity contribution is 0.223. The van der Waals surface area contributed by atoms with Gasteiger partial charge in [-0.2, -0.15) is 0 Å². The van der Waals surface area contributed by atoms with Gasteiger partial charge in [-0.1, -0.05) is 13.8 Å². The number of nitrogens with one attached hydrogen (secondary N) is 1. The Morgan fingerprint density at radius 1 is 1.31 bits per heavy atom. The molecule has 1 saturated heterocycles. The highest BCUT2D eigenvalue weighted by Crippen LogP contribution is 2.34. The van der Waals surface area contributed by atoms with Gasteiger partial charge in [0.1, 0.15) is 0 Å². The third-order valence-corrected chi connectivity index (χ3v) is 4.19. The van der Waals surface area contributed by atoms with Crippen molar-refractivity contribution in [2.75, 3.05) is 19.6 Å². The number of hydrogen-bond donors (Lipinski definition) is 1. The van der Waals surface area contributed by atoms with Gasteiger partial charge in [-0.3, -0.25) is 4.90 Å². The zero-order chi connectivity index (χ0) is 11.5. The molecule has 1 aliphatic carbocycles. The molecule has 94 valence electrons. The minimum Gasteiger partial charge on any atom is -0.312 e. The summed E-state index contributed by atoms with van der Waals surface area (Å²) >= 11 is 0. The highest BCUT2D eigenvalue weighted by molar-refractivity contribution is 4.91. The second-order valence-electron chi connectivity index (χ2n) is 6.04. The van der Waals surface area contributed by atoms with Crippen molar-refractivity contribution in [3.8, 4) is 0 Å².